The molecular weight excluding hydrogens is 1010 g/mol. The first-order valence-corrected chi connectivity index (χ1v) is 21.3. The molecule has 3 aliphatic rings. The number of hydrogen-bond acceptors (Lipinski definition) is 16. The molecule has 0 unspecified atom stereocenters. The van der Waals surface area contributed by atoms with E-state index >= 15 is 0 Å². The number of rotatable bonds is 8. The van der Waals surface area contributed by atoms with E-state index in [9.17, 15) is 24.0 Å². The molecule has 5 rings (SSSR count). The predicted octanol–water partition coefficient (Wildman–Crippen LogP) is 4.07. The Bertz CT molecular complexity index is 1740. The number of carbonyl (C=O) groups excluding carboxylic acids is 4. The Labute approximate surface area is 424 Å². The molecule has 2 aromatic heterocycles. The summed E-state index contributed by atoms with van der Waals surface area (Å²) < 4.78 is 26.9. The monoisotopic (exact) mass is 1080 g/mol. The number of esters is 2. The number of aliphatic hydroxyl groups excluding tert-OH is 2. The number of carboxylic acids is 1. The third-order valence-corrected chi connectivity index (χ3v) is 9.99. The van der Waals surface area contributed by atoms with Crippen molar-refractivity contribution in [3.63, 3.8) is 0 Å². The molecular formula is C43H71Br2ClLiN5O14. The zero-order valence-corrected chi connectivity index (χ0v) is 41.0. The third kappa shape index (κ3) is 25.2. The Morgan fingerprint density at radius 3 is 1.61 bits per heavy atom. The largest absolute Gasteiger partial charge is 1.00 e. The Morgan fingerprint density at radius 2 is 1.21 bits per heavy atom. The van der Waals surface area contributed by atoms with Crippen LogP contribution in [-0.2, 0) is 33.3 Å². The normalized spacial score (nSPS) is 20.3. The van der Waals surface area contributed by atoms with Gasteiger partial charge in [0.2, 0.25) is 0 Å². The number of hydrogen-bond donors (Lipinski definition) is 4. The summed E-state index contributed by atoms with van der Waals surface area (Å²) >= 11 is 12.0. The molecule has 0 saturated carbocycles. The number of aromatic nitrogens is 2. The number of methoxy groups -OCH3 is 2. The molecule has 0 radical (unpaired) electrons. The maximum absolute atomic E-state index is 12.0. The van der Waals surface area contributed by atoms with Crippen LogP contribution in [-0.4, -0.2) is 154 Å². The van der Waals surface area contributed by atoms with E-state index in [0.717, 1.165) is 27.9 Å². The molecule has 0 aromatic carbocycles. The van der Waals surface area contributed by atoms with Crippen molar-refractivity contribution in [2.24, 2.45) is 17.8 Å². The number of nitrogens with one attached hydrogen (secondary N) is 1. The molecule has 374 valence electrons. The number of carboxylic acid groups (broad SMARTS) is 1. The third-order valence-electron chi connectivity index (χ3n) is 8.89. The van der Waals surface area contributed by atoms with Gasteiger partial charge in [0.1, 0.15) is 44.3 Å². The fraction of sp³-hybridized carbons (Fsp3) is 0.651. The molecule has 66 heavy (non-hydrogen) atoms. The van der Waals surface area contributed by atoms with Gasteiger partial charge in [-0.2, -0.15) is 0 Å². The van der Waals surface area contributed by atoms with E-state index in [2.05, 4.69) is 51.9 Å². The van der Waals surface area contributed by atoms with Crippen LogP contribution in [0.4, 0.5) is 9.59 Å². The van der Waals surface area contributed by atoms with Crippen molar-refractivity contribution in [2.45, 2.75) is 112 Å². The summed E-state index contributed by atoms with van der Waals surface area (Å²) in [5, 5.41) is 31.0. The second-order valence-electron chi connectivity index (χ2n) is 16.2. The molecule has 23 heteroatoms. The first-order chi connectivity index (χ1) is 28.5. The van der Waals surface area contributed by atoms with E-state index in [1.54, 1.807) is 66.1 Å². The minimum Gasteiger partial charge on any atom is -0.870 e. The number of halogens is 3. The van der Waals surface area contributed by atoms with Crippen molar-refractivity contribution < 1.29 is 87.3 Å². The first kappa shape index (κ1) is 69.3. The second-order valence-corrected chi connectivity index (χ2v) is 18.3. The smallest absolute Gasteiger partial charge is 0.870 e. The van der Waals surface area contributed by atoms with E-state index in [4.69, 9.17) is 45.9 Å². The molecule has 5 N–H and O–H groups in total. The van der Waals surface area contributed by atoms with Crippen molar-refractivity contribution in [2.75, 3.05) is 53.7 Å². The number of pyridine rings is 2. The summed E-state index contributed by atoms with van der Waals surface area (Å²) in [6.45, 7) is 12.2. The number of aliphatic hydroxyl groups is 2. The second kappa shape index (κ2) is 33.3. The minimum atomic E-state index is -1.06. The number of ether oxygens (including phenoxy) is 5. The standard InChI is InChI=1S/C12H15BrN2O3.C12H21NO5.C11H19NO5.C5H3BrClN.3CH4.Li.H2O/c1-17-12(16)10-4-8(6-15-10)7-18-9-2-3-14-11(13)5-9;1-12(2,3)18-11(16)13-6-8(7-14)5-9(13)10(15)17-4;1-11(2,3)17-10(16)12-5-7(6-13)4-8(12)9(14)15;6-5-3-4(7)1-2-8-5;;;;;/h2-3,5,8,10,15H,4,6-7H2,1H3;8-9,14H,5-7H2,1-4H3;7-8,13H,4-6H2,1-3H3,(H,14,15);1-3H;3*1H4;;1H2/q;;;;;;;+1;/p-1/t8-,10+;8-,9+;7-,8+;;;;;;/m111....../s1. The van der Waals surface area contributed by atoms with Crippen molar-refractivity contribution in [3.8, 4) is 5.75 Å². The van der Waals surface area contributed by atoms with E-state index in [0.29, 0.717) is 30.5 Å². The average Bonchev–Trinajstić information content (AvgIpc) is 3.95. The average molecular weight is 1080 g/mol. The molecule has 6 atom stereocenters. The fourth-order valence-electron chi connectivity index (χ4n) is 6.07. The van der Waals surface area contributed by atoms with Crippen molar-refractivity contribution in [1.82, 2.24) is 25.1 Å². The fourth-order valence-corrected chi connectivity index (χ4v) is 7.07. The number of carbonyl (C=O) groups is 5. The van der Waals surface area contributed by atoms with Crippen LogP contribution in [0.3, 0.4) is 0 Å². The van der Waals surface area contributed by atoms with Gasteiger partial charge in [-0.3, -0.25) is 14.6 Å². The molecule has 19 nitrogen and oxygen atoms in total. The number of aliphatic carboxylic acids is 1. The molecule has 0 spiro atoms. The van der Waals surface area contributed by atoms with Gasteiger partial charge in [0.05, 0.1) is 20.8 Å². The van der Waals surface area contributed by atoms with Crippen LogP contribution in [0, 0.1) is 17.8 Å². The van der Waals surface area contributed by atoms with Gasteiger partial charge in [-0.25, -0.2) is 29.1 Å². The van der Waals surface area contributed by atoms with Gasteiger partial charge in [0.25, 0.3) is 0 Å². The zero-order valence-electron chi connectivity index (χ0n) is 37.1. The van der Waals surface area contributed by atoms with Crippen LogP contribution in [0.1, 0.15) is 83.1 Å². The van der Waals surface area contributed by atoms with Crippen LogP contribution in [0.15, 0.2) is 45.9 Å². The minimum absolute atomic E-state index is 0. The van der Waals surface area contributed by atoms with E-state index in [1.165, 1.54) is 24.0 Å². The Balaban J connectivity index is -0.000000389. The summed E-state index contributed by atoms with van der Waals surface area (Å²) in [7, 11) is 2.68. The quantitative estimate of drug-likeness (QED) is 0.126. The summed E-state index contributed by atoms with van der Waals surface area (Å²) in [5.41, 5.74) is -1.27. The van der Waals surface area contributed by atoms with E-state index < -0.39 is 47.4 Å². The van der Waals surface area contributed by atoms with E-state index in [-0.39, 0.29) is 96.6 Å². The maximum atomic E-state index is 12.0. The van der Waals surface area contributed by atoms with Gasteiger partial charge in [-0.05, 0) is 111 Å². The van der Waals surface area contributed by atoms with Gasteiger partial charge < -0.3 is 49.8 Å². The zero-order chi connectivity index (χ0) is 46.1. The number of amides is 2. The summed E-state index contributed by atoms with van der Waals surface area (Å²) in [6, 6.07) is 5.33. The van der Waals surface area contributed by atoms with Crippen LogP contribution in [0.5, 0.6) is 5.75 Å². The summed E-state index contributed by atoms with van der Waals surface area (Å²) in [6.07, 6.45) is 3.57. The molecule has 2 aromatic rings. The van der Waals surface area contributed by atoms with Crippen molar-refractivity contribution in [1.29, 1.82) is 0 Å². The first-order valence-electron chi connectivity index (χ1n) is 19.3. The van der Waals surface area contributed by atoms with E-state index in [1.807, 2.05) is 12.1 Å². The van der Waals surface area contributed by atoms with Crippen LogP contribution < -0.4 is 28.9 Å². The molecule has 3 fully saturated rings. The number of nitrogens with zero attached hydrogens (tertiary/aromatic N) is 4. The van der Waals surface area contributed by atoms with Gasteiger partial charge >= 0.3 is 49.0 Å². The summed E-state index contributed by atoms with van der Waals surface area (Å²) in [4.78, 5) is 68.1. The Hall–Kier alpha value is -3.26. The topological polar surface area (TPSA) is 266 Å². The van der Waals surface area contributed by atoms with Gasteiger partial charge in [0.15, 0.2) is 0 Å². The van der Waals surface area contributed by atoms with Crippen molar-refractivity contribution >= 4 is 73.6 Å². The number of likely N-dealkylation sites (tertiary alicyclic amines) is 2. The molecule has 2 amide bonds. The molecule has 3 aliphatic heterocycles. The van der Waals surface area contributed by atoms with Crippen LogP contribution >= 0.6 is 43.5 Å². The molecule has 0 aliphatic carbocycles. The van der Waals surface area contributed by atoms with Crippen LogP contribution in [0.25, 0.3) is 0 Å². The van der Waals surface area contributed by atoms with Gasteiger partial charge in [-0.15, -0.1) is 0 Å². The van der Waals surface area contributed by atoms with Crippen molar-refractivity contribution in [3.05, 3.63) is 50.9 Å². The predicted molar refractivity (Wildman–Crippen MR) is 252 cm³/mol. The molecule has 3 saturated heterocycles. The van der Waals surface area contributed by atoms with Gasteiger partial charge in [-0.1, -0.05) is 33.9 Å². The van der Waals surface area contributed by atoms with Gasteiger partial charge in [0, 0.05) is 74.1 Å². The van der Waals surface area contributed by atoms with Crippen LogP contribution in [0.2, 0.25) is 5.02 Å². The Morgan fingerprint density at radius 1 is 0.758 bits per heavy atom. The molecule has 5 heterocycles. The SMILES string of the molecule is C.C.C.CC(C)(C)OC(=O)N1C[C@H](CO)C[C@H]1C(=O)O.COC(=O)[C@@H]1C[C@@H](CO)CN1C(=O)OC(C)(C)C.COC(=O)[C@@H]1C[C@@H](COc2ccnc(Br)c2)CN1.Clc1ccnc(Br)c1.[Li+].[OH-]. The summed E-state index contributed by atoms with van der Waals surface area (Å²) in [5.74, 6) is -0.947. The molecule has 0 bridgehead atoms. The Kier molecular flexibility index (Phi) is 34.9. The maximum Gasteiger partial charge on any atom is 1.00 e.